The number of H-pyrrole nitrogens is 1. The molecule has 0 atom stereocenters. The first kappa shape index (κ1) is 11.6. The third-order valence-electron chi connectivity index (χ3n) is 1.96. The van der Waals surface area contributed by atoms with Crippen LogP contribution in [0.1, 0.15) is 5.56 Å². The smallest absolute Gasteiger partial charge is 0.244 e. The fourth-order valence-electron chi connectivity index (χ4n) is 1.28. The van der Waals surface area contributed by atoms with Gasteiger partial charge in [0.05, 0.1) is 11.3 Å². The molecule has 0 aliphatic carbocycles. The first-order valence-corrected chi connectivity index (χ1v) is 4.65. The quantitative estimate of drug-likeness (QED) is 0.851. The lowest BCUT2D eigenvalue weighted by Crippen LogP contribution is -2.20. The van der Waals surface area contributed by atoms with Crippen LogP contribution in [0.3, 0.4) is 0 Å². The van der Waals surface area contributed by atoms with Crippen LogP contribution >= 0.6 is 11.6 Å². The van der Waals surface area contributed by atoms with Gasteiger partial charge >= 0.3 is 11.9 Å². The molecule has 2 rings (SSSR count). The highest BCUT2D eigenvalue weighted by atomic mass is 35.5. The summed E-state index contributed by atoms with van der Waals surface area (Å²) in [6.45, 7) is 0. The number of halogens is 4. The van der Waals surface area contributed by atoms with Gasteiger partial charge in [0.2, 0.25) is 0 Å². The Hall–Kier alpha value is -1.83. The van der Waals surface area contributed by atoms with Crippen molar-refractivity contribution in [3.8, 4) is 5.69 Å². The zero-order valence-electron chi connectivity index (χ0n) is 7.99. The Kier molecular flexibility index (Phi) is 2.66. The summed E-state index contributed by atoms with van der Waals surface area (Å²) in [7, 11) is 0. The highest BCUT2D eigenvalue weighted by Gasteiger charge is 2.35. The van der Waals surface area contributed by atoms with Gasteiger partial charge in [-0.05, 0) is 28.6 Å². The molecule has 1 N–H and O–H groups in total. The number of hydrogen-bond acceptors (Lipinski definition) is 3. The number of aromatic nitrogens is 4. The lowest BCUT2D eigenvalue weighted by atomic mass is 10.1. The maximum absolute atomic E-state index is 12.7. The molecule has 0 radical (unpaired) electrons. The topological polar surface area (TPSA) is 63.6 Å². The van der Waals surface area contributed by atoms with Crippen LogP contribution < -0.4 is 5.69 Å². The number of nitrogens with one attached hydrogen (secondary N) is 1. The van der Waals surface area contributed by atoms with Crippen LogP contribution in [0.15, 0.2) is 23.0 Å². The third-order valence-corrected chi connectivity index (χ3v) is 2.20. The van der Waals surface area contributed by atoms with E-state index in [0.717, 1.165) is 12.1 Å². The highest BCUT2D eigenvalue weighted by molar-refractivity contribution is 6.30. The van der Waals surface area contributed by atoms with E-state index in [4.69, 9.17) is 11.6 Å². The number of benzene rings is 1. The van der Waals surface area contributed by atoms with Crippen molar-refractivity contribution < 1.29 is 13.2 Å². The number of alkyl halides is 3. The van der Waals surface area contributed by atoms with Gasteiger partial charge in [0, 0.05) is 5.02 Å². The van der Waals surface area contributed by atoms with Gasteiger partial charge < -0.3 is 0 Å². The van der Waals surface area contributed by atoms with Crippen LogP contribution in [0.5, 0.6) is 0 Å². The van der Waals surface area contributed by atoms with Gasteiger partial charge in [-0.2, -0.15) is 17.9 Å². The van der Waals surface area contributed by atoms with Crippen molar-refractivity contribution in [2.75, 3.05) is 0 Å². The second-order valence-electron chi connectivity index (χ2n) is 3.08. The summed E-state index contributed by atoms with van der Waals surface area (Å²) in [5.41, 5.74) is -2.35. The van der Waals surface area contributed by atoms with Gasteiger partial charge in [0.25, 0.3) is 0 Å². The van der Waals surface area contributed by atoms with Gasteiger partial charge in [0.1, 0.15) is 0 Å². The van der Waals surface area contributed by atoms with Crippen molar-refractivity contribution in [2.45, 2.75) is 6.18 Å². The zero-order valence-corrected chi connectivity index (χ0v) is 8.75. The molecule has 90 valence electrons. The average Bonchev–Trinajstić information content (AvgIpc) is 2.63. The zero-order chi connectivity index (χ0) is 12.6. The molecule has 9 heteroatoms. The minimum atomic E-state index is -4.64. The Morgan fingerprint density at radius 1 is 1.35 bits per heavy atom. The van der Waals surface area contributed by atoms with Crippen LogP contribution in [0, 0.1) is 0 Å². The van der Waals surface area contributed by atoms with Crippen LogP contribution in [-0.4, -0.2) is 20.2 Å². The van der Waals surface area contributed by atoms with E-state index in [9.17, 15) is 18.0 Å². The second kappa shape index (κ2) is 3.88. The number of nitrogens with zero attached hydrogens (tertiary/aromatic N) is 3. The largest absolute Gasteiger partial charge is 0.418 e. The van der Waals surface area contributed by atoms with Crippen LogP contribution in [0.25, 0.3) is 5.69 Å². The second-order valence-corrected chi connectivity index (χ2v) is 3.51. The Morgan fingerprint density at radius 3 is 2.59 bits per heavy atom. The lowest BCUT2D eigenvalue weighted by molar-refractivity contribution is -0.137. The molecule has 1 aromatic carbocycles. The molecular formula is C8H4ClF3N4O. The predicted molar refractivity (Wildman–Crippen MR) is 52.0 cm³/mol. The van der Waals surface area contributed by atoms with Crippen molar-refractivity contribution in [1.29, 1.82) is 0 Å². The Balaban J connectivity index is 2.71. The summed E-state index contributed by atoms with van der Waals surface area (Å²) in [5.74, 6) is 0. The van der Waals surface area contributed by atoms with Crippen molar-refractivity contribution in [3.05, 3.63) is 39.3 Å². The molecule has 0 fully saturated rings. The molecule has 2 aromatic rings. The predicted octanol–water partition coefficient (Wildman–Crippen LogP) is 1.63. The van der Waals surface area contributed by atoms with E-state index >= 15 is 0 Å². The van der Waals surface area contributed by atoms with E-state index in [0.29, 0.717) is 4.68 Å². The summed E-state index contributed by atoms with van der Waals surface area (Å²) < 4.78 is 38.7. The van der Waals surface area contributed by atoms with Gasteiger partial charge in [0.15, 0.2) is 0 Å². The number of tetrazole rings is 1. The van der Waals surface area contributed by atoms with E-state index in [1.54, 1.807) is 0 Å². The maximum atomic E-state index is 12.7. The normalized spacial score (nSPS) is 11.8. The standard InChI is InChI=1S/C8H4ClF3N4O/c9-4-1-2-6(5(3-4)8(10,11)12)16-7(17)13-14-15-16/h1-3H,(H,13,15,17). The van der Waals surface area contributed by atoms with Crippen molar-refractivity contribution in [2.24, 2.45) is 0 Å². The fraction of sp³-hybridized carbons (Fsp3) is 0.125. The molecule has 1 heterocycles. The van der Waals surface area contributed by atoms with Crippen molar-refractivity contribution >= 4 is 11.6 Å². The Labute approximate surface area is 96.8 Å². The SMILES string of the molecule is O=c1[nH]nnn1-c1ccc(Cl)cc1C(F)(F)F. The highest BCUT2D eigenvalue weighted by Crippen LogP contribution is 2.34. The first-order valence-electron chi connectivity index (χ1n) is 4.27. The van der Waals surface area contributed by atoms with Crippen LogP contribution in [-0.2, 0) is 6.18 Å². The molecule has 0 aliphatic heterocycles. The number of aromatic amines is 1. The molecule has 0 saturated carbocycles. The first-order chi connectivity index (χ1) is 7.89. The van der Waals surface area contributed by atoms with E-state index in [1.807, 2.05) is 5.10 Å². The average molecular weight is 265 g/mol. The van der Waals surface area contributed by atoms with Gasteiger partial charge in [-0.1, -0.05) is 11.6 Å². The summed E-state index contributed by atoms with van der Waals surface area (Å²) in [5, 5.41) is 8.19. The van der Waals surface area contributed by atoms with E-state index in [1.165, 1.54) is 6.07 Å². The van der Waals surface area contributed by atoms with Gasteiger partial charge in [-0.25, -0.2) is 9.89 Å². The van der Waals surface area contributed by atoms with E-state index in [2.05, 4.69) is 10.4 Å². The van der Waals surface area contributed by atoms with Crippen LogP contribution in [0.2, 0.25) is 5.02 Å². The summed E-state index contributed by atoms with van der Waals surface area (Å²) in [4.78, 5) is 11.2. The number of hydrogen-bond donors (Lipinski definition) is 1. The minimum absolute atomic E-state index is 0.0855. The molecule has 5 nitrogen and oxygen atoms in total. The Bertz CT molecular complexity index is 603. The lowest BCUT2D eigenvalue weighted by Gasteiger charge is -2.11. The minimum Gasteiger partial charge on any atom is -0.244 e. The van der Waals surface area contributed by atoms with Gasteiger partial charge in [-0.3, -0.25) is 0 Å². The summed E-state index contributed by atoms with van der Waals surface area (Å²) >= 11 is 5.49. The third kappa shape index (κ3) is 2.16. The summed E-state index contributed by atoms with van der Waals surface area (Å²) in [6, 6.07) is 3.00. The maximum Gasteiger partial charge on any atom is 0.418 e. The van der Waals surface area contributed by atoms with E-state index in [-0.39, 0.29) is 5.02 Å². The monoisotopic (exact) mass is 264 g/mol. The molecule has 0 saturated heterocycles. The molecule has 0 bridgehead atoms. The molecule has 1 aromatic heterocycles. The van der Waals surface area contributed by atoms with Crippen molar-refractivity contribution in [3.63, 3.8) is 0 Å². The van der Waals surface area contributed by atoms with Crippen LogP contribution in [0.4, 0.5) is 13.2 Å². The molecular weight excluding hydrogens is 261 g/mol. The molecule has 0 unspecified atom stereocenters. The molecule has 0 spiro atoms. The van der Waals surface area contributed by atoms with Gasteiger partial charge in [-0.15, -0.1) is 0 Å². The molecule has 0 amide bonds. The summed E-state index contributed by atoms with van der Waals surface area (Å²) in [6.07, 6.45) is -4.64. The van der Waals surface area contributed by atoms with E-state index < -0.39 is 23.1 Å². The molecule has 17 heavy (non-hydrogen) atoms. The fourth-order valence-corrected chi connectivity index (χ4v) is 1.45. The Morgan fingerprint density at radius 2 is 2.06 bits per heavy atom. The van der Waals surface area contributed by atoms with Crippen molar-refractivity contribution in [1.82, 2.24) is 20.2 Å². The number of rotatable bonds is 1. The molecule has 0 aliphatic rings.